The summed E-state index contributed by atoms with van der Waals surface area (Å²) in [5.41, 5.74) is 1.02. The molecule has 14 heavy (non-hydrogen) atoms. The Morgan fingerprint density at radius 3 is 2.86 bits per heavy atom. The molecule has 0 aliphatic heterocycles. The van der Waals surface area contributed by atoms with Crippen molar-refractivity contribution in [3.63, 3.8) is 0 Å². The van der Waals surface area contributed by atoms with E-state index in [2.05, 4.69) is 4.74 Å². The normalized spacial score (nSPS) is 9.93. The third-order valence-electron chi connectivity index (χ3n) is 1.71. The second kappa shape index (κ2) is 5.27. The molecule has 0 unspecified atom stereocenters. The van der Waals surface area contributed by atoms with Crippen molar-refractivity contribution in [3.8, 4) is 0 Å². The van der Waals surface area contributed by atoms with Crippen LogP contribution in [0.2, 0.25) is 5.02 Å². The Labute approximate surface area is 92.6 Å². The first kappa shape index (κ1) is 11.4. The standard InChI is InChI=1S/C10H11ClO2S/c1-7-5-8(3-4-9(7)11)14-6-10(12)13-2/h3-5H,6H2,1-2H3. The fourth-order valence-corrected chi connectivity index (χ4v) is 1.85. The van der Waals surface area contributed by atoms with Crippen LogP contribution in [0, 0.1) is 6.92 Å². The van der Waals surface area contributed by atoms with Crippen molar-refractivity contribution in [1.29, 1.82) is 0 Å². The summed E-state index contributed by atoms with van der Waals surface area (Å²) in [6.45, 7) is 1.94. The summed E-state index contributed by atoms with van der Waals surface area (Å²) >= 11 is 7.31. The number of aryl methyl sites for hydroxylation is 1. The maximum absolute atomic E-state index is 10.9. The molecule has 0 aliphatic rings. The van der Waals surface area contributed by atoms with Crippen molar-refractivity contribution in [2.75, 3.05) is 12.9 Å². The summed E-state index contributed by atoms with van der Waals surface area (Å²) in [6.07, 6.45) is 0. The molecule has 0 bridgehead atoms. The Balaban J connectivity index is 2.60. The van der Waals surface area contributed by atoms with Crippen LogP contribution in [0.5, 0.6) is 0 Å². The van der Waals surface area contributed by atoms with Gasteiger partial charge in [0, 0.05) is 9.92 Å². The molecule has 0 saturated carbocycles. The number of hydrogen-bond donors (Lipinski definition) is 0. The highest BCUT2D eigenvalue weighted by Gasteiger charge is 2.03. The quantitative estimate of drug-likeness (QED) is 0.590. The van der Waals surface area contributed by atoms with E-state index >= 15 is 0 Å². The minimum Gasteiger partial charge on any atom is -0.468 e. The second-order valence-corrected chi connectivity index (χ2v) is 4.23. The largest absolute Gasteiger partial charge is 0.468 e. The van der Waals surface area contributed by atoms with Crippen molar-refractivity contribution in [2.24, 2.45) is 0 Å². The second-order valence-electron chi connectivity index (χ2n) is 2.78. The Morgan fingerprint density at radius 2 is 2.29 bits per heavy atom. The number of methoxy groups -OCH3 is 1. The number of carbonyl (C=O) groups excluding carboxylic acids is 1. The molecular formula is C10H11ClO2S. The van der Waals surface area contributed by atoms with Crippen LogP contribution in [-0.4, -0.2) is 18.8 Å². The monoisotopic (exact) mass is 230 g/mol. The fraction of sp³-hybridized carbons (Fsp3) is 0.300. The van der Waals surface area contributed by atoms with Crippen molar-refractivity contribution in [2.45, 2.75) is 11.8 Å². The van der Waals surface area contributed by atoms with Crippen molar-refractivity contribution < 1.29 is 9.53 Å². The third kappa shape index (κ3) is 3.24. The van der Waals surface area contributed by atoms with Gasteiger partial charge in [-0.1, -0.05) is 11.6 Å². The Kier molecular flexibility index (Phi) is 4.29. The van der Waals surface area contributed by atoms with E-state index in [0.29, 0.717) is 5.75 Å². The molecule has 2 nitrogen and oxygen atoms in total. The molecule has 1 aromatic rings. The molecule has 1 rings (SSSR count). The van der Waals surface area contributed by atoms with Crippen LogP contribution in [0.1, 0.15) is 5.56 Å². The van der Waals surface area contributed by atoms with Gasteiger partial charge in [0.2, 0.25) is 0 Å². The van der Waals surface area contributed by atoms with E-state index in [1.165, 1.54) is 18.9 Å². The average molecular weight is 231 g/mol. The zero-order chi connectivity index (χ0) is 10.6. The van der Waals surface area contributed by atoms with Gasteiger partial charge < -0.3 is 4.74 Å². The first-order chi connectivity index (χ1) is 6.63. The van der Waals surface area contributed by atoms with Gasteiger partial charge in [0.1, 0.15) is 0 Å². The third-order valence-corrected chi connectivity index (χ3v) is 3.11. The van der Waals surface area contributed by atoms with Gasteiger partial charge in [0.25, 0.3) is 0 Å². The van der Waals surface area contributed by atoms with E-state index in [0.717, 1.165) is 15.5 Å². The van der Waals surface area contributed by atoms with Gasteiger partial charge in [0.15, 0.2) is 0 Å². The highest BCUT2D eigenvalue weighted by molar-refractivity contribution is 8.00. The number of halogens is 1. The molecule has 1 aromatic carbocycles. The van der Waals surface area contributed by atoms with Crippen LogP contribution in [0.15, 0.2) is 23.1 Å². The molecule has 0 N–H and O–H groups in total. The van der Waals surface area contributed by atoms with E-state index in [4.69, 9.17) is 11.6 Å². The molecule has 0 spiro atoms. The summed E-state index contributed by atoms with van der Waals surface area (Å²) in [5, 5.41) is 0.743. The Hall–Kier alpha value is -0.670. The Bertz CT molecular complexity index is 339. The van der Waals surface area contributed by atoms with Crippen LogP contribution in [0.4, 0.5) is 0 Å². The predicted octanol–water partition coefficient (Wildman–Crippen LogP) is 2.91. The lowest BCUT2D eigenvalue weighted by atomic mass is 10.2. The van der Waals surface area contributed by atoms with Gasteiger partial charge in [-0.2, -0.15) is 0 Å². The number of ether oxygens (including phenoxy) is 1. The maximum Gasteiger partial charge on any atom is 0.315 e. The highest BCUT2D eigenvalue weighted by Crippen LogP contribution is 2.23. The summed E-state index contributed by atoms with van der Waals surface area (Å²) in [7, 11) is 1.38. The maximum atomic E-state index is 10.9. The predicted molar refractivity (Wildman–Crippen MR) is 58.9 cm³/mol. The lowest BCUT2D eigenvalue weighted by Gasteiger charge is -2.02. The lowest BCUT2D eigenvalue weighted by molar-refractivity contribution is -0.137. The van der Waals surface area contributed by atoms with Crippen LogP contribution in [0.3, 0.4) is 0 Å². The topological polar surface area (TPSA) is 26.3 Å². The molecular weight excluding hydrogens is 220 g/mol. The minimum atomic E-state index is -0.220. The number of carbonyl (C=O) groups is 1. The molecule has 0 atom stereocenters. The van der Waals surface area contributed by atoms with Gasteiger partial charge in [-0.15, -0.1) is 11.8 Å². The van der Waals surface area contributed by atoms with Gasteiger partial charge in [-0.05, 0) is 30.7 Å². The van der Waals surface area contributed by atoms with Crippen molar-refractivity contribution in [3.05, 3.63) is 28.8 Å². The van der Waals surface area contributed by atoms with Gasteiger partial charge >= 0.3 is 5.97 Å². The van der Waals surface area contributed by atoms with E-state index < -0.39 is 0 Å². The molecule has 0 saturated heterocycles. The molecule has 0 heterocycles. The number of thioether (sulfide) groups is 1. The number of esters is 1. The SMILES string of the molecule is COC(=O)CSc1ccc(Cl)c(C)c1. The molecule has 4 heteroatoms. The fourth-order valence-electron chi connectivity index (χ4n) is 0.908. The van der Waals surface area contributed by atoms with Crippen molar-refractivity contribution >= 4 is 29.3 Å². The number of hydrogen-bond acceptors (Lipinski definition) is 3. The summed E-state index contributed by atoms with van der Waals surface area (Å²) in [4.78, 5) is 11.9. The van der Waals surface area contributed by atoms with E-state index in [-0.39, 0.29) is 5.97 Å². The van der Waals surface area contributed by atoms with Gasteiger partial charge in [-0.3, -0.25) is 4.79 Å². The molecule has 0 aromatic heterocycles. The van der Waals surface area contributed by atoms with E-state index in [9.17, 15) is 4.79 Å². The zero-order valence-corrected chi connectivity index (χ0v) is 9.61. The molecule has 0 fully saturated rings. The number of rotatable bonds is 3. The summed E-state index contributed by atoms with van der Waals surface area (Å²) in [6, 6.07) is 5.68. The first-order valence-corrected chi connectivity index (χ1v) is 5.45. The van der Waals surface area contributed by atoms with Crippen LogP contribution >= 0.6 is 23.4 Å². The van der Waals surface area contributed by atoms with Crippen molar-refractivity contribution in [1.82, 2.24) is 0 Å². The molecule has 0 amide bonds. The average Bonchev–Trinajstić information content (AvgIpc) is 2.19. The lowest BCUT2D eigenvalue weighted by Crippen LogP contribution is -2.02. The van der Waals surface area contributed by atoms with Gasteiger partial charge in [-0.25, -0.2) is 0 Å². The first-order valence-electron chi connectivity index (χ1n) is 4.09. The minimum absolute atomic E-state index is 0.220. The number of benzene rings is 1. The molecule has 0 radical (unpaired) electrons. The van der Waals surface area contributed by atoms with E-state index in [1.807, 2.05) is 25.1 Å². The van der Waals surface area contributed by atoms with Gasteiger partial charge in [0.05, 0.1) is 12.9 Å². The highest BCUT2D eigenvalue weighted by atomic mass is 35.5. The van der Waals surface area contributed by atoms with Crippen LogP contribution in [-0.2, 0) is 9.53 Å². The Morgan fingerprint density at radius 1 is 1.57 bits per heavy atom. The van der Waals surface area contributed by atoms with E-state index in [1.54, 1.807) is 0 Å². The summed E-state index contributed by atoms with van der Waals surface area (Å²) in [5.74, 6) is 0.111. The zero-order valence-electron chi connectivity index (χ0n) is 8.04. The van der Waals surface area contributed by atoms with Crippen LogP contribution in [0.25, 0.3) is 0 Å². The molecule has 0 aliphatic carbocycles. The smallest absolute Gasteiger partial charge is 0.315 e. The van der Waals surface area contributed by atoms with Crippen LogP contribution < -0.4 is 0 Å². The summed E-state index contributed by atoms with van der Waals surface area (Å²) < 4.78 is 4.54. The molecule has 76 valence electrons.